The molecular formula is C27H28N2O7S. The monoisotopic (exact) mass is 524 g/mol. The van der Waals surface area contributed by atoms with Crippen LogP contribution in [0.5, 0.6) is 23.0 Å². The van der Waals surface area contributed by atoms with Gasteiger partial charge < -0.3 is 23.7 Å². The molecule has 3 aromatic rings. The maximum Gasteiger partial charge on any atom is 0.338 e. The molecule has 1 unspecified atom stereocenters. The van der Waals surface area contributed by atoms with E-state index in [1.165, 1.54) is 23.0 Å². The minimum absolute atomic E-state index is 0.182. The third-order valence-electron chi connectivity index (χ3n) is 5.95. The lowest BCUT2D eigenvalue weighted by atomic mass is 9.94. The largest absolute Gasteiger partial charge is 0.497 e. The second kappa shape index (κ2) is 10.9. The molecule has 0 radical (unpaired) electrons. The topological polar surface area (TPSA) is 97.6 Å². The molecule has 10 heteroatoms. The average Bonchev–Trinajstić information content (AvgIpc) is 3.21. The zero-order valence-electron chi connectivity index (χ0n) is 21.5. The number of carbonyl (C=O) groups is 1. The zero-order chi connectivity index (χ0) is 26.7. The number of methoxy groups -OCH3 is 4. The molecule has 1 aromatic heterocycles. The summed E-state index contributed by atoms with van der Waals surface area (Å²) in [5.74, 6) is 1.63. The van der Waals surface area contributed by atoms with Crippen molar-refractivity contribution < 1.29 is 28.5 Å². The molecule has 9 nitrogen and oxygen atoms in total. The van der Waals surface area contributed by atoms with E-state index in [0.29, 0.717) is 43.6 Å². The van der Waals surface area contributed by atoms with Crippen LogP contribution in [0.3, 0.4) is 0 Å². The fraction of sp³-hybridized carbons (Fsp3) is 0.296. The van der Waals surface area contributed by atoms with E-state index in [9.17, 15) is 9.59 Å². The molecule has 2 heterocycles. The van der Waals surface area contributed by atoms with Gasteiger partial charge >= 0.3 is 5.97 Å². The number of aromatic nitrogens is 1. The van der Waals surface area contributed by atoms with Gasteiger partial charge in [-0.25, -0.2) is 9.79 Å². The average molecular weight is 525 g/mol. The molecular weight excluding hydrogens is 496 g/mol. The Bertz CT molecular complexity index is 1550. The number of nitrogens with zero attached hydrogens (tertiary/aromatic N) is 2. The number of fused-ring (bicyclic) bond motifs is 1. The summed E-state index contributed by atoms with van der Waals surface area (Å²) in [6, 6.07) is 9.82. The van der Waals surface area contributed by atoms with Crippen LogP contribution in [0.2, 0.25) is 0 Å². The SMILES string of the molecule is CCOC(=O)C1=C(C)N=c2s/c(=C/c3ccc(OC)c(OC)c3)c(=O)n2C1c1cc(OC)ccc1OC. The highest BCUT2D eigenvalue weighted by molar-refractivity contribution is 7.07. The van der Waals surface area contributed by atoms with Crippen molar-refractivity contribution in [3.05, 3.63) is 78.5 Å². The Labute approximate surface area is 217 Å². The van der Waals surface area contributed by atoms with E-state index in [4.69, 9.17) is 23.7 Å². The summed E-state index contributed by atoms with van der Waals surface area (Å²) in [5, 5.41) is 0. The van der Waals surface area contributed by atoms with Gasteiger partial charge in [0.25, 0.3) is 5.56 Å². The second-order valence-electron chi connectivity index (χ2n) is 8.02. The smallest absolute Gasteiger partial charge is 0.338 e. The van der Waals surface area contributed by atoms with Crippen molar-refractivity contribution in [3.63, 3.8) is 0 Å². The molecule has 37 heavy (non-hydrogen) atoms. The van der Waals surface area contributed by atoms with E-state index < -0.39 is 12.0 Å². The first-order valence-electron chi connectivity index (χ1n) is 11.5. The van der Waals surface area contributed by atoms with Crippen LogP contribution in [0.4, 0.5) is 0 Å². The fourth-order valence-corrected chi connectivity index (χ4v) is 5.28. The van der Waals surface area contributed by atoms with Gasteiger partial charge in [0, 0.05) is 5.56 Å². The highest BCUT2D eigenvalue weighted by Crippen LogP contribution is 2.38. The van der Waals surface area contributed by atoms with Crippen molar-refractivity contribution >= 4 is 23.4 Å². The fourth-order valence-electron chi connectivity index (χ4n) is 4.23. The van der Waals surface area contributed by atoms with Gasteiger partial charge in [0.2, 0.25) is 0 Å². The first kappa shape index (κ1) is 26.0. The van der Waals surface area contributed by atoms with Crippen molar-refractivity contribution in [1.82, 2.24) is 4.57 Å². The molecule has 194 valence electrons. The van der Waals surface area contributed by atoms with Crippen molar-refractivity contribution in [2.75, 3.05) is 35.0 Å². The lowest BCUT2D eigenvalue weighted by Gasteiger charge is -2.26. The third-order valence-corrected chi connectivity index (χ3v) is 6.94. The summed E-state index contributed by atoms with van der Waals surface area (Å²) in [5.41, 5.74) is 1.76. The lowest BCUT2D eigenvalue weighted by molar-refractivity contribution is -0.139. The summed E-state index contributed by atoms with van der Waals surface area (Å²) in [4.78, 5) is 32.1. The molecule has 0 spiro atoms. The lowest BCUT2D eigenvalue weighted by Crippen LogP contribution is -2.40. The van der Waals surface area contributed by atoms with Crippen LogP contribution in [0.1, 0.15) is 31.0 Å². The molecule has 0 amide bonds. The maximum atomic E-state index is 13.8. The molecule has 1 aliphatic heterocycles. The number of benzene rings is 2. The van der Waals surface area contributed by atoms with Gasteiger partial charge in [-0.1, -0.05) is 17.4 Å². The maximum absolute atomic E-state index is 13.8. The van der Waals surface area contributed by atoms with Gasteiger partial charge in [-0.2, -0.15) is 0 Å². The standard InChI is InChI=1S/C27H28N2O7S/c1-7-36-26(31)23-15(2)28-27-29(24(23)18-14-17(32-3)9-11-19(18)33-4)25(30)22(37-27)13-16-8-10-20(34-5)21(12-16)35-6/h8-14,24H,7H2,1-6H3/b22-13+. The van der Waals surface area contributed by atoms with E-state index in [1.807, 2.05) is 6.07 Å². The van der Waals surface area contributed by atoms with Gasteiger partial charge in [0.05, 0.1) is 50.8 Å². The minimum Gasteiger partial charge on any atom is -0.497 e. The first-order chi connectivity index (χ1) is 17.9. The molecule has 1 atom stereocenters. The number of hydrogen-bond donors (Lipinski definition) is 0. The van der Waals surface area contributed by atoms with Crippen LogP contribution in [-0.4, -0.2) is 45.6 Å². The Morgan fingerprint density at radius 1 is 1.00 bits per heavy atom. The Morgan fingerprint density at radius 2 is 1.70 bits per heavy atom. The van der Waals surface area contributed by atoms with E-state index in [2.05, 4.69) is 4.99 Å². The predicted octanol–water partition coefficient (Wildman–Crippen LogP) is 2.83. The molecule has 0 saturated carbocycles. The molecule has 4 rings (SSSR count). The number of allylic oxidation sites excluding steroid dienone is 1. The summed E-state index contributed by atoms with van der Waals surface area (Å²) in [6.45, 7) is 3.64. The highest BCUT2D eigenvalue weighted by Gasteiger charge is 2.35. The molecule has 1 aliphatic rings. The summed E-state index contributed by atoms with van der Waals surface area (Å²) >= 11 is 1.23. The third kappa shape index (κ3) is 4.84. The summed E-state index contributed by atoms with van der Waals surface area (Å²) in [7, 11) is 6.20. The molecule has 0 saturated heterocycles. The van der Waals surface area contributed by atoms with Crippen LogP contribution in [-0.2, 0) is 9.53 Å². The van der Waals surface area contributed by atoms with Crippen LogP contribution in [0.25, 0.3) is 6.08 Å². The van der Waals surface area contributed by atoms with Gasteiger partial charge in [-0.05, 0) is 55.8 Å². The summed E-state index contributed by atoms with van der Waals surface area (Å²) < 4.78 is 29.1. The first-order valence-corrected chi connectivity index (χ1v) is 12.3. The Hall–Kier alpha value is -4.05. The number of carbonyl (C=O) groups excluding carboxylic acids is 1. The Balaban J connectivity index is 1.99. The Kier molecular flexibility index (Phi) is 7.68. The molecule has 2 aromatic carbocycles. The van der Waals surface area contributed by atoms with Crippen LogP contribution in [0.15, 0.2) is 57.5 Å². The predicted molar refractivity (Wildman–Crippen MR) is 139 cm³/mol. The van der Waals surface area contributed by atoms with E-state index in [1.54, 1.807) is 71.6 Å². The van der Waals surface area contributed by atoms with Crippen molar-refractivity contribution in [2.45, 2.75) is 19.9 Å². The van der Waals surface area contributed by atoms with E-state index in [-0.39, 0.29) is 17.7 Å². The van der Waals surface area contributed by atoms with Crippen LogP contribution >= 0.6 is 11.3 Å². The number of thiazole rings is 1. The van der Waals surface area contributed by atoms with Gasteiger partial charge in [-0.3, -0.25) is 9.36 Å². The quantitative estimate of drug-likeness (QED) is 0.418. The molecule has 0 N–H and O–H groups in total. The van der Waals surface area contributed by atoms with Crippen molar-refractivity contribution in [3.8, 4) is 23.0 Å². The normalized spacial score (nSPS) is 15.1. The molecule has 0 fully saturated rings. The van der Waals surface area contributed by atoms with E-state index >= 15 is 0 Å². The number of rotatable bonds is 8. The van der Waals surface area contributed by atoms with Crippen molar-refractivity contribution in [1.29, 1.82) is 0 Å². The number of hydrogen-bond acceptors (Lipinski definition) is 9. The Morgan fingerprint density at radius 3 is 2.35 bits per heavy atom. The number of ether oxygens (including phenoxy) is 5. The van der Waals surface area contributed by atoms with Crippen LogP contribution < -0.4 is 33.8 Å². The van der Waals surface area contributed by atoms with Gasteiger partial charge in [-0.15, -0.1) is 0 Å². The molecule has 0 aliphatic carbocycles. The van der Waals surface area contributed by atoms with Crippen LogP contribution in [0, 0.1) is 0 Å². The second-order valence-corrected chi connectivity index (χ2v) is 9.03. The summed E-state index contributed by atoms with van der Waals surface area (Å²) in [6.07, 6.45) is 1.76. The minimum atomic E-state index is -0.826. The number of esters is 1. The van der Waals surface area contributed by atoms with Crippen molar-refractivity contribution in [2.24, 2.45) is 4.99 Å². The van der Waals surface area contributed by atoms with Gasteiger partial charge in [0.15, 0.2) is 16.3 Å². The highest BCUT2D eigenvalue weighted by atomic mass is 32.1. The van der Waals surface area contributed by atoms with E-state index in [0.717, 1.165) is 5.56 Å². The zero-order valence-corrected chi connectivity index (χ0v) is 22.3. The molecule has 0 bridgehead atoms. The van der Waals surface area contributed by atoms with Gasteiger partial charge in [0.1, 0.15) is 17.5 Å².